The van der Waals surface area contributed by atoms with E-state index in [0.29, 0.717) is 6.54 Å². The molecule has 0 fully saturated rings. The van der Waals surface area contributed by atoms with Crippen LogP contribution in [0.3, 0.4) is 0 Å². The molecule has 2 aliphatic heterocycles. The van der Waals surface area contributed by atoms with Crippen LogP contribution in [0.2, 0.25) is 0 Å². The van der Waals surface area contributed by atoms with Gasteiger partial charge >= 0.3 is 5.97 Å². The number of aliphatic imine (C=N–C) groups is 1. The van der Waals surface area contributed by atoms with Crippen LogP contribution in [0, 0.1) is 0 Å². The standard InChI is InChI=1S/C6H7N3O2/c10-6(11)4-3-9-5(8-4)1-2-7-9/h1-2,5,7H,3H2,(H,10,11). The predicted octanol–water partition coefficient (Wildman–Crippen LogP) is -0.814. The molecule has 2 heterocycles. The Labute approximate surface area is 63.0 Å². The molecule has 2 N–H and O–H groups in total. The molecule has 5 nitrogen and oxygen atoms in total. The van der Waals surface area contributed by atoms with Crippen molar-refractivity contribution < 1.29 is 9.90 Å². The van der Waals surface area contributed by atoms with Crippen molar-refractivity contribution in [2.75, 3.05) is 6.54 Å². The average molecular weight is 153 g/mol. The van der Waals surface area contributed by atoms with Gasteiger partial charge in [-0.25, -0.2) is 4.79 Å². The largest absolute Gasteiger partial charge is 0.477 e. The first-order chi connectivity index (χ1) is 5.27. The summed E-state index contributed by atoms with van der Waals surface area (Å²) in [5.41, 5.74) is 3.09. The number of hydrogen-bond donors (Lipinski definition) is 2. The Morgan fingerprint density at radius 2 is 2.73 bits per heavy atom. The van der Waals surface area contributed by atoms with Gasteiger partial charge in [-0.3, -0.25) is 4.99 Å². The zero-order chi connectivity index (χ0) is 7.84. The van der Waals surface area contributed by atoms with E-state index in [1.165, 1.54) is 0 Å². The Balaban J connectivity index is 2.18. The van der Waals surface area contributed by atoms with Crippen LogP contribution in [0.15, 0.2) is 17.3 Å². The first-order valence-corrected chi connectivity index (χ1v) is 3.27. The lowest BCUT2D eigenvalue weighted by Gasteiger charge is -2.12. The van der Waals surface area contributed by atoms with Gasteiger partial charge in [-0.1, -0.05) is 0 Å². The summed E-state index contributed by atoms with van der Waals surface area (Å²) in [4.78, 5) is 14.4. The minimum Gasteiger partial charge on any atom is -0.477 e. The fourth-order valence-corrected chi connectivity index (χ4v) is 1.14. The van der Waals surface area contributed by atoms with Crippen LogP contribution >= 0.6 is 0 Å². The first-order valence-electron chi connectivity index (χ1n) is 3.27. The monoisotopic (exact) mass is 153 g/mol. The lowest BCUT2D eigenvalue weighted by molar-refractivity contribution is -0.129. The second-order valence-electron chi connectivity index (χ2n) is 2.41. The molecule has 2 rings (SSSR count). The highest BCUT2D eigenvalue weighted by molar-refractivity contribution is 6.37. The molecule has 5 heteroatoms. The van der Waals surface area contributed by atoms with Gasteiger partial charge in [0.25, 0.3) is 0 Å². The predicted molar refractivity (Wildman–Crippen MR) is 37.8 cm³/mol. The topological polar surface area (TPSA) is 64.9 Å². The molecule has 0 radical (unpaired) electrons. The number of carbonyl (C=O) groups is 1. The average Bonchev–Trinajstić information content (AvgIpc) is 2.40. The molecule has 0 aromatic heterocycles. The number of carboxylic acid groups (broad SMARTS) is 1. The first kappa shape index (κ1) is 6.36. The highest BCUT2D eigenvalue weighted by Crippen LogP contribution is 2.12. The summed E-state index contributed by atoms with van der Waals surface area (Å²) in [6.45, 7) is 0.368. The normalized spacial score (nSPS) is 28.0. The molecule has 1 unspecified atom stereocenters. The van der Waals surface area contributed by atoms with Gasteiger partial charge in [0.2, 0.25) is 0 Å². The van der Waals surface area contributed by atoms with Crippen molar-refractivity contribution >= 4 is 11.7 Å². The van der Waals surface area contributed by atoms with E-state index in [9.17, 15) is 4.79 Å². The Morgan fingerprint density at radius 1 is 1.91 bits per heavy atom. The van der Waals surface area contributed by atoms with Gasteiger partial charge < -0.3 is 10.5 Å². The summed E-state index contributed by atoms with van der Waals surface area (Å²) in [5, 5.41) is 10.3. The maximum Gasteiger partial charge on any atom is 0.351 e. The molecule has 0 spiro atoms. The molecule has 0 aliphatic carbocycles. The minimum atomic E-state index is -0.936. The van der Waals surface area contributed by atoms with Crippen molar-refractivity contribution in [2.24, 2.45) is 4.99 Å². The third-order valence-corrected chi connectivity index (χ3v) is 1.68. The molecular formula is C6H7N3O2. The van der Waals surface area contributed by atoms with Crippen molar-refractivity contribution in [3.63, 3.8) is 0 Å². The SMILES string of the molecule is O=C(O)C1=NC2C=CNN2C1. The van der Waals surface area contributed by atoms with Gasteiger partial charge in [0, 0.05) is 6.20 Å². The van der Waals surface area contributed by atoms with E-state index in [1.54, 1.807) is 11.2 Å². The zero-order valence-electron chi connectivity index (χ0n) is 5.69. The summed E-state index contributed by atoms with van der Waals surface area (Å²) in [7, 11) is 0. The van der Waals surface area contributed by atoms with E-state index >= 15 is 0 Å². The van der Waals surface area contributed by atoms with Gasteiger partial charge in [0.1, 0.15) is 11.9 Å². The van der Waals surface area contributed by atoms with E-state index < -0.39 is 5.97 Å². The van der Waals surface area contributed by atoms with Crippen molar-refractivity contribution in [2.45, 2.75) is 6.17 Å². The minimum absolute atomic E-state index is 0.110. The van der Waals surface area contributed by atoms with Crippen LogP contribution in [-0.2, 0) is 4.79 Å². The number of fused-ring (bicyclic) bond motifs is 1. The molecule has 0 aromatic carbocycles. The van der Waals surface area contributed by atoms with Crippen molar-refractivity contribution in [1.29, 1.82) is 0 Å². The highest BCUT2D eigenvalue weighted by Gasteiger charge is 2.29. The lowest BCUT2D eigenvalue weighted by Crippen LogP contribution is -2.35. The molecule has 58 valence electrons. The molecular weight excluding hydrogens is 146 g/mol. The van der Waals surface area contributed by atoms with E-state index in [2.05, 4.69) is 10.4 Å². The maximum absolute atomic E-state index is 10.4. The third-order valence-electron chi connectivity index (χ3n) is 1.68. The second-order valence-corrected chi connectivity index (χ2v) is 2.41. The number of nitrogens with one attached hydrogen (secondary N) is 1. The second kappa shape index (κ2) is 2.06. The van der Waals surface area contributed by atoms with Crippen LogP contribution < -0.4 is 5.43 Å². The number of hydrogen-bond acceptors (Lipinski definition) is 4. The number of carboxylic acids is 1. The Bertz CT molecular complexity index is 259. The van der Waals surface area contributed by atoms with Crippen LogP contribution in [0.25, 0.3) is 0 Å². The maximum atomic E-state index is 10.4. The van der Waals surface area contributed by atoms with Crippen LogP contribution in [0.1, 0.15) is 0 Å². The zero-order valence-corrected chi connectivity index (χ0v) is 5.69. The molecule has 11 heavy (non-hydrogen) atoms. The lowest BCUT2D eigenvalue weighted by atomic mass is 10.4. The smallest absolute Gasteiger partial charge is 0.351 e. The van der Waals surface area contributed by atoms with Gasteiger partial charge in [0.05, 0.1) is 6.54 Å². The van der Waals surface area contributed by atoms with Gasteiger partial charge in [-0.15, -0.1) is 0 Å². The number of rotatable bonds is 1. The molecule has 0 bridgehead atoms. The van der Waals surface area contributed by atoms with Crippen LogP contribution in [0.4, 0.5) is 0 Å². The Hall–Kier alpha value is -1.36. The molecule has 0 amide bonds. The molecule has 2 aliphatic rings. The fraction of sp³-hybridized carbons (Fsp3) is 0.333. The van der Waals surface area contributed by atoms with Gasteiger partial charge in [-0.05, 0) is 6.08 Å². The molecule has 0 aromatic rings. The van der Waals surface area contributed by atoms with E-state index in [1.807, 2.05) is 6.08 Å². The van der Waals surface area contributed by atoms with Gasteiger partial charge in [-0.2, -0.15) is 5.01 Å². The highest BCUT2D eigenvalue weighted by atomic mass is 16.4. The number of nitrogens with zero attached hydrogens (tertiary/aromatic N) is 2. The summed E-state index contributed by atoms with van der Waals surface area (Å²) >= 11 is 0. The summed E-state index contributed by atoms with van der Waals surface area (Å²) in [6.07, 6.45) is 3.46. The molecule has 0 saturated carbocycles. The third kappa shape index (κ3) is 0.894. The fourth-order valence-electron chi connectivity index (χ4n) is 1.14. The summed E-state index contributed by atoms with van der Waals surface area (Å²) < 4.78 is 0. The Kier molecular flexibility index (Phi) is 1.19. The van der Waals surface area contributed by atoms with Gasteiger partial charge in [0.15, 0.2) is 0 Å². The Morgan fingerprint density at radius 3 is 3.36 bits per heavy atom. The van der Waals surface area contributed by atoms with Crippen molar-refractivity contribution in [3.05, 3.63) is 12.3 Å². The summed E-state index contributed by atoms with van der Waals surface area (Å²) in [6, 6.07) is 0. The number of hydrazine groups is 1. The summed E-state index contributed by atoms with van der Waals surface area (Å²) in [5.74, 6) is -0.936. The van der Waals surface area contributed by atoms with E-state index in [4.69, 9.17) is 5.11 Å². The van der Waals surface area contributed by atoms with E-state index in [-0.39, 0.29) is 11.9 Å². The quantitative estimate of drug-likeness (QED) is 0.517. The van der Waals surface area contributed by atoms with Crippen molar-refractivity contribution in [3.8, 4) is 0 Å². The van der Waals surface area contributed by atoms with Crippen LogP contribution in [-0.4, -0.2) is 34.5 Å². The molecule has 1 atom stereocenters. The van der Waals surface area contributed by atoms with Crippen molar-refractivity contribution in [1.82, 2.24) is 10.4 Å². The van der Waals surface area contributed by atoms with Crippen LogP contribution in [0.5, 0.6) is 0 Å². The van der Waals surface area contributed by atoms with E-state index in [0.717, 1.165) is 0 Å². The molecule has 0 saturated heterocycles. The number of aliphatic carboxylic acids is 1.